The fourth-order valence-electron chi connectivity index (χ4n) is 1.81. The van der Waals surface area contributed by atoms with Gasteiger partial charge in [-0.3, -0.25) is 4.79 Å². The quantitative estimate of drug-likeness (QED) is 0.784. The van der Waals surface area contributed by atoms with Crippen molar-refractivity contribution in [3.63, 3.8) is 0 Å². The molecule has 0 unspecified atom stereocenters. The van der Waals surface area contributed by atoms with Crippen molar-refractivity contribution in [2.45, 2.75) is 0 Å². The molecule has 0 saturated heterocycles. The highest BCUT2D eigenvalue weighted by Gasteiger charge is 2.13. The number of amides is 1. The molecule has 1 heterocycles. The van der Waals surface area contributed by atoms with Gasteiger partial charge in [0.25, 0.3) is 5.91 Å². The summed E-state index contributed by atoms with van der Waals surface area (Å²) >= 11 is 6.72. The third-order valence-corrected chi connectivity index (χ3v) is 3.65. The minimum Gasteiger partial charge on any atom is -0.319 e. The fraction of sp³-hybridized carbons (Fsp3) is 0. The zero-order valence-electron chi connectivity index (χ0n) is 9.63. The van der Waals surface area contributed by atoms with Crippen LogP contribution in [-0.4, -0.2) is 16.1 Å². The summed E-state index contributed by atoms with van der Waals surface area (Å²) in [6, 6.07) is 13.6. The van der Waals surface area contributed by atoms with Gasteiger partial charge < -0.3 is 5.32 Å². The Kier molecular flexibility index (Phi) is 3.15. The highest BCUT2D eigenvalue weighted by atomic mass is 35.5. The van der Waals surface area contributed by atoms with Crippen molar-refractivity contribution in [1.82, 2.24) is 10.2 Å². The lowest BCUT2D eigenvalue weighted by atomic mass is 10.1. The van der Waals surface area contributed by atoms with Crippen LogP contribution in [0.25, 0.3) is 10.8 Å². The van der Waals surface area contributed by atoms with E-state index in [1.54, 1.807) is 0 Å². The van der Waals surface area contributed by atoms with Crippen LogP contribution in [-0.2, 0) is 0 Å². The van der Waals surface area contributed by atoms with Crippen molar-refractivity contribution in [2.24, 2.45) is 0 Å². The molecule has 4 nitrogen and oxygen atoms in total. The van der Waals surface area contributed by atoms with Crippen LogP contribution in [0.5, 0.6) is 0 Å². The van der Waals surface area contributed by atoms with E-state index >= 15 is 0 Å². The van der Waals surface area contributed by atoms with E-state index in [1.165, 1.54) is 0 Å². The molecule has 2 aromatic carbocycles. The van der Waals surface area contributed by atoms with Gasteiger partial charge in [0, 0.05) is 11.1 Å². The van der Waals surface area contributed by atoms with Crippen LogP contribution < -0.4 is 5.32 Å². The molecule has 3 aromatic rings. The van der Waals surface area contributed by atoms with E-state index in [4.69, 9.17) is 11.6 Å². The minimum absolute atomic E-state index is 0.248. The highest BCUT2D eigenvalue weighted by Crippen LogP contribution is 2.24. The van der Waals surface area contributed by atoms with Crippen molar-refractivity contribution < 1.29 is 4.79 Å². The van der Waals surface area contributed by atoms with Crippen molar-refractivity contribution in [3.8, 4) is 0 Å². The van der Waals surface area contributed by atoms with Gasteiger partial charge in [-0.1, -0.05) is 47.7 Å². The van der Waals surface area contributed by atoms with E-state index in [0.29, 0.717) is 0 Å². The first-order valence-corrected chi connectivity index (χ1v) is 6.71. The molecule has 0 aliphatic carbocycles. The van der Waals surface area contributed by atoms with Crippen molar-refractivity contribution >= 4 is 45.3 Å². The molecular weight excluding hydrogens is 282 g/mol. The molecule has 0 fully saturated rings. The Hall–Kier alpha value is -1.98. The summed E-state index contributed by atoms with van der Waals surface area (Å²) in [7, 11) is 0. The molecule has 0 aliphatic rings. The van der Waals surface area contributed by atoms with Gasteiger partial charge in [-0.05, 0) is 23.1 Å². The van der Waals surface area contributed by atoms with Crippen LogP contribution >= 0.6 is 22.9 Å². The molecule has 19 heavy (non-hydrogen) atoms. The maximum atomic E-state index is 12.0. The van der Waals surface area contributed by atoms with Gasteiger partial charge in [0.05, 0.1) is 0 Å². The molecule has 0 spiro atoms. The summed E-state index contributed by atoms with van der Waals surface area (Å²) < 4.78 is 0.253. The second-order valence-corrected chi connectivity index (χ2v) is 5.40. The lowest BCUT2D eigenvalue weighted by molar-refractivity contribution is 0.102. The Morgan fingerprint density at radius 1 is 1.11 bits per heavy atom. The smallest absolute Gasteiger partial charge is 0.286 e. The van der Waals surface area contributed by atoms with Crippen molar-refractivity contribution in [3.05, 3.63) is 51.9 Å². The number of nitrogens with one attached hydrogen (secondary N) is 1. The van der Waals surface area contributed by atoms with Crippen LogP contribution in [0, 0.1) is 0 Å². The number of carbonyl (C=O) groups excluding carboxylic acids is 1. The molecule has 0 aliphatic heterocycles. The third-order valence-electron chi connectivity index (χ3n) is 2.63. The van der Waals surface area contributed by atoms with Gasteiger partial charge in [0.1, 0.15) is 0 Å². The summed E-state index contributed by atoms with van der Waals surface area (Å²) in [5, 5.41) is 12.5. The predicted molar refractivity (Wildman–Crippen MR) is 76.8 cm³/mol. The largest absolute Gasteiger partial charge is 0.319 e. The summed E-state index contributed by atoms with van der Waals surface area (Å²) in [6.45, 7) is 0. The maximum absolute atomic E-state index is 12.0. The molecule has 3 rings (SSSR count). The second-order valence-electron chi connectivity index (χ2n) is 3.84. The molecule has 0 saturated carbocycles. The predicted octanol–water partition coefficient (Wildman–Crippen LogP) is 3.60. The number of hydrogen-bond acceptors (Lipinski definition) is 4. The molecular formula is C13H8ClN3OS. The first-order chi connectivity index (χ1) is 9.24. The van der Waals surface area contributed by atoms with Crippen molar-refractivity contribution in [2.75, 3.05) is 5.32 Å². The van der Waals surface area contributed by atoms with Gasteiger partial charge in [-0.2, -0.15) is 0 Å². The Labute approximate surface area is 118 Å². The Balaban J connectivity index is 1.95. The molecule has 1 amide bonds. The standard InChI is InChI=1S/C13H8ClN3OS/c14-13-17-16-12(19-13)11(18)15-10-7-3-5-8-4-1-2-6-9(8)10/h1-7H,(H,15,18). The third kappa shape index (κ3) is 2.43. The molecule has 0 radical (unpaired) electrons. The Bertz CT molecular complexity index is 751. The van der Waals surface area contributed by atoms with Gasteiger partial charge in [0.2, 0.25) is 9.47 Å². The van der Waals surface area contributed by atoms with E-state index < -0.39 is 0 Å². The minimum atomic E-state index is -0.305. The number of halogens is 1. The normalized spacial score (nSPS) is 10.6. The van der Waals surface area contributed by atoms with Gasteiger partial charge in [-0.25, -0.2) is 0 Å². The average molecular weight is 290 g/mol. The number of hydrogen-bond donors (Lipinski definition) is 1. The fourth-order valence-corrected chi connectivity index (χ4v) is 2.53. The monoisotopic (exact) mass is 289 g/mol. The van der Waals surface area contributed by atoms with Crippen LogP contribution in [0.3, 0.4) is 0 Å². The van der Waals surface area contributed by atoms with Crippen molar-refractivity contribution in [1.29, 1.82) is 0 Å². The van der Waals surface area contributed by atoms with Gasteiger partial charge in [0.15, 0.2) is 0 Å². The van der Waals surface area contributed by atoms with Crippen LogP contribution in [0.1, 0.15) is 9.80 Å². The number of anilines is 1. The zero-order chi connectivity index (χ0) is 13.2. The van der Waals surface area contributed by atoms with Gasteiger partial charge in [-0.15, -0.1) is 10.2 Å². The average Bonchev–Trinajstić information content (AvgIpc) is 2.86. The number of benzene rings is 2. The SMILES string of the molecule is O=C(Nc1cccc2ccccc12)c1nnc(Cl)s1. The Morgan fingerprint density at radius 3 is 2.68 bits per heavy atom. The van der Waals surface area contributed by atoms with E-state index in [9.17, 15) is 4.79 Å². The number of fused-ring (bicyclic) bond motifs is 1. The number of aromatic nitrogens is 2. The second kappa shape index (κ2) is 4.95. The van der Waals surface area contributed by atoms with Crippen LogP contribution in [0.15, 0.2) is 42.5 Å². The zero-order valence-corrected chi connectivity index (χ0v) is 11.2. The van der Waals surface area contributed by atoms with Crippen LogP contribution in [0.2, 0.25) is 4.47 Å². The first-order valence-electron chi connectivity index (χ1n) is 5.52. The van der Waals surface area contributed by atoms with Gasteiger partial charge >= 0.3 is 0 Å². The molecule has 6 heteroatoms. The summed E-state index contributed by atoms with van der Waals surface area (Å²) in [5.41, 5.74) is 0.745. The summed E-state index contributed by atoms with van der Waals surface area (Å²) in [4.78, 5) is 12.0. The van der Waals surface area contributed by atoms with E-state index in [0.717, 1.165) is 27.8 Å². The van der Waals surface area contributed by atoms with E-state index in [2.05, 4.69) is 15.5 Å². The molecule has 1 N–H and O–H groups in total. The topological polar surface area (TPSA) is 54.9 Å². The van der Waals surface area contributed by atoms with E-state index in [-0.39, 0.29) is 15.4 Å². The van der Waals surface area contributed by atoms with Crippen LogP contribution in [0.4, 0.5) is 5.69 Å². The summed E-state index contributed by atoms with van der Waals surface area (Å²) in [6.07, 6.45) is 0. The summed E-state index contributed by atoms with van der Waals surface area (Å²) in [5.74, 6) is -0.305. The van der Waals surface area contributed by atoms with E-state index in [1.807, 2.05) is 42.5 Å². The molecule has 0 atom stereocenters. The highest BCUT2D eigenvalue weighted by molar-refractivity contribution is 7.17. The number of rotatable bonds is 2. The molecule has 0 bridgehead atoms. The Morgan fingerprint density at radius 2 is 1.89 bits per heavy atom. The number of carbonyl (C=O) groups is 1. The maximum Gasteiger partial charge on any atom is 0.286 e. The first kappa shape index (κ1) is 12.1. The lowest BCUT2D eigenvalue weighted by Crippen LogP contribution is -2.11. The lowest BCUT2D eigenvalue weighted by Gasteiger charge is -2.06. The molecule has 1 aromatic heterocycles. The molecule has 94 valence electrons. The number of nitrogens with zero attached hydrogens (tertiary/aromatic N) is 2.